The van der Waals surface area contributed by atoms with Gasteiger partial charge >= 0.3 is 6.18 Å². The number of halogens is 3. The van der Waals surface area contributed by atoms with E-state index in [-0.39, 0.29) is 17.8 Å². The van der Waals surface area contributed by atoms with Crippen LogP contribution in [0.25, 0.3) is 11.5 Å². The molecule has 1 aliphatic rings. The van der Waals surface area contributed by atoms with Crippen molar-refractivity contribution in [3.8, 4) is 11.5 Å². The number of aryl methyl sites for hydroxylation is 1. The zero-order chi connectivity index (χ0) is 19.8. The molecule has 0 N–H and O–H groups in total. The second kappa shape index (κ2) is 7.34. The van der Waals surface area contributed by atoms with Crippen molar-refractivity contribution in [3.63, 3.8) is 0 Å². The quantitative estimate of drug-likeness (QED) is 0.810. The predicted octanol–water partition coefficient (Wildman–Crippen LogP) is 3.72. The maximum absolute atomic E-state index is 12.9. The number of likely N-dealkylation sites (tertiary alicyclic amines) is 1. The molecule has 0 unspecified atom stereocenters. The molecule has 0 radical (unpaired) electrons. The first-order chi connectivity index (χ1) is 12.6. The molecular weight excluding hydrogens is 359 g/mol. The van der Waals surface area contributed by atoms with Gasteiger partial charge in [-0.2, -0.15) is 13.2 Å². The fourth-order valence-corrected chi connectivity index (χ4v) is 3.27. The summed E-state index contributed by atoms with van der Waals surface area (Å²) in [5.74, 6) is 0.808. The Balaban J connectivity index is 1.74. The summed E-state index contributed by atoms with van der Waals surface area (Å²) in [6.45, 7) is 5.41. The van der Waals surface area contributed by atoms with Crippen LogP contribution in [0.4, 0.5) is 13.2 Å². The lowest BCUT2D eigenvalue weighted by Crippen LogP contribution is -2.37. The number of rotatable bonds is 4. The topological polar surface area (TPSA) is 49.6 Å². The number of carbonyl (C=O) groups excluding carboxylic acids is 1. The summed E-state index contributed by atoms with van der Waals surface area (Å²) < 4.78 is 44.4. The first-order valence-corrected chi connectivity index (χ1v) is 8.75. The van der Waals surface area contributed by atoms with Gasteiger partial charge in [-0.15, -0.1) is 0 Å². The molecule has 0 bridgehead atoms. The van der Waals surface area contributed by atoms with Gasteiger partial charge in [0.15, 0.2) is 0 Å². The van der Waals surface area contributed by atoms with Crippen LogP contribution in [0, 0.1) is 6.92 Å². The molecule has 27 heavy (non-hydrogen) atoms. The van der Waals surface area contributed by atoms with E-state index >= 15 is 0 Å². The van der Waals surface area contributed by atoms with Crippen LogP contribution in [0.5, 0.6) is 0 Å². The molecule has 1 atom stereocenters. The molecule has 1 aromatic heterocycles. The minimum absolute atomic E-state index is 0.0336. The van der Waals surface area contributed by atoms with Gasteiger partial charge in [-0.25, -0.2) is 4.98 Å². The lowest BCUT2D eigenvalue weighted by Gasteiger charge is -2.23. The van der Waals surface area contributed by atoms with Crippen molar-refractivity contribution in [1.82, 2.24) is 14.8 Å². The highest BCUT2D eigenvalue weighted by Gasteiger charge is 2.31. The summed E-state index contributed by atoms with van der Waals surface area (Å²) in [5.41, 5.74) is 0.274. The average molecular weight is 381 g/mol. The van der Waals surface area contributed by atoms with Gasteiger partial charge in [0, 0.05) is 45.2 Å². The number of oxazole rings is 1. The zero-order valence-corrected chi connectivity index (χ0v) is 15.5. The van der Waals surface area contributed by atoms with Gasteiger partial charge < -0.3 is 9.32 Å². The molecule has 0 spiro atoms. The second-order valence-electron chi connectivity index (χ2n) is 6.91. The Labute approximate surface area is 155 Å². The maximum atomic E-state index is 12.9. The minimum Gasteiger partial charge on any atom is -0.441 e. The molecule has 2 aromatic rings. The minimum atomic E-state index is -4.41. The third kappa shape index (κ3) is 4.32. The van der Waals surface area contributed by atoms with Gasteiger partial charge in [0.1, 0.15) is 5.76 Å². The van der Waals surface area contributed by atoms with Gasteiger partial charge in [0.2, 0.25) is 11.8 Å². The third-order valence-corrected chi connectivity index (χ3v) is 4.99. The highest BCUT2D eigenvalue weighted by Crippen LogP contribution is 2.32. The van der Waals surface area contributed by atoms with E-state index in [2.05, 4.69) is 9.88 Å². The van der Waals surface area contributed by atoms with Gasteiger partial charge in [-0.3, -0.25) is 9.69 Å². The summed E-state index contributed by atoms with van der Waals surface area (Å²) in [7, 11) is 1.80. The van der Waals surface area contributed by atoms with Crippen molar-refractivity contribution in [2.75, 3.05) is 20.1 Å². The van der Waals surface area contributed by atoms with Gasteiger partial charge in [-0.1, -0.05) is 6.07 Å². The SMILES string of the molecule is CC(=O)N(C)[C@@H]1CCN(Cc2nc(-c3cccc(C(F)(F)F)c3)oc2C)C1. The highest BCUT2D eigenvalue weighted by atomic mass is 19.4. The number of hydrogen-bond acceptors (Lipinski definition) is 4. The summed E-state index contributed by atoms with van der Waals surface area (Å²) in [4.78, 5) is 19.8. The molecule has 1 amide bonds. The molecule has 0 saturated carbocycles. The average Bonchev–Trinajstić information content (AvgIpc) is 3.21. The number of alkyl halides is 3. The normalized spacial score (nSPS) is 18.1. The molecular formula is C19H22F3N3O2. The van der Waals surface area contributed by atoms with E-state index in [1.165, 1.54) is 6.07 Å². The number of carbonyl (C=O) groups is 1. The number of likely N-dealkylation sites (N-methyl/N-ethyl adjacent to an activating group) is 1. The van der Waals surface area contributed by atoms with E-state index in [0.717, 1.165) is 31.6 Å². The van der Waals surface area contributed by atoms with E-state index in [4.69, 9.17) is 4.42 Å². The summed E-state index contributed by atoms with van der Waals surface area (Å²) in [5, 5.41) is 0. The molecule has 1 fully saturated rings. The summed E-state index contributed by atoms with van der Waals surface area (Å²) >= 11 is 0. The monoisotopic (exact) mass is 381 g/mol. The lowest BCUT2D eigenvalue weighted by molar-refractivity contribution is -0.137. The first kappa shape index (κ1) is 19.4. The Morgan fingerprint density at radius 1 is 1.41 bits per heavy atom. The molecule has 146 valence electrons. The van der Waals surface area contributed by atoms with Crippen molar-refractivity contribution in [2.24, 2.45) is 0 Å². The van der Waals surface area contributed by atoms with Crippen LogP contribution in [0.3, 0.4) is 0 Å². The fourth-order valence-electron chi connectivity index (χ4n) is 3.27. The number of hydrogen-bond donors (Lipinski definition) is 0. The summed E-state index contributed by atoms with van der Waals surface area (Å²) in [6, 6.07) is 5.13. The molecule has 2 heterocycles. The van der Waals surface area contributed by atoms with Gasteiger partial charge in [0.05, 0.1) is 11.3 Å². The molecule has 1 aliphatic heterocycles. The summed E-state index contributed by atoms with van der Waals surface area (Å²) in [6.07, 6.45) is -3.53. The van der Waals surface area contributed by atoms with Crippen LogP contribution in [-0.4, -0.2) is 46.9 Å². The zero-order valence-electron chi connectivity index (χ0n) is 15.5. The third-order valence-electron chi connectivity index (χ3n) is 4.99. The number of amides is 1. The van der Waals surface area contributed by atoms with Crippen LogP contribution in [0.15, 0.2) is 28.7 Å². The predicted molar refractivity (Wildman–Crippen MR) is 93.8 cm³/mol. The van der Waals surface area contributed by atoms with Gasteiger partial charge in [-0.05, 0) is 31.5 Å². The van der Waals surface area contributed by atoms with Crippen molar-refractivity contribution < 1.29 is 22.4 Å². The van der Waals surface area contributed by atoms with Crippen LogP contribution in [0.2, 0.25) is 0 Å². The van der Waals surface area contributed by atoms with Crippen LogP contribution in [0.1, 0.15) is 30.4 Å². The van der Waals surface area contributed by atoms with E-state index < -0.39 is 11.7 Å². The van der Waals surface area contributed by atoms with Gasteiger partial charge in [0.25, 0.3) is 0 Å². The Bertz CT molecular complexity index is 832. The second-order valence-corrected chi connectivity index (χ2v) is 6.91. The molecule has 1 aromatic carbocycles. The fraction of sp³-hybridized carbons (Fsp3) is 0.474. The molecule has 0 aliphatic carbocycles. The Kier molecular flexibility index (Phi) is 5.28. The number of aromatic nitrogens is 1. The maximum Gasteiger partial charge on any atom is 0.416 e. The van der Waals surface area contributed by atoms with E-state index in [1.54, 1.807) is 31.9 Å². The lowest BCUT2D eigenvalue weighted by atomic mass is 10.1. The number of nitrogens with zero attached hydrogens (tertiary/aromatic N) is 3. The van der Waals surface area contributed by atoms with Crippen LogP contribution >= 0.6 is 0 Å². The van der Waals surface area contributed by atoms with Crippen molar-refractivity contribution in [3.05, 3.63) is 41.3 Å². The Hall–Kier alpha value is -2.35. The van der Waals surface area contributed by atoms with Crippen LogP contribution in [-0.2, 0) is 17.5 Å². The Morgan fingerprint density at radius 2 is 2.15 bits per heavy atom. The van der Waals surface area contributed by atoms with Crippen molar-refractivity contribution in [1.29, 1.82) is 0 Å². The number of benzene rings is 1. The van der Waals surface area contributed by atoms with Crippen LogP contribution < -0.4 is 0 Å². The molecule has 3 rings (SSSR count). The highest BCUT2D eigenvalue weighted by molar-refractivity contribution is 5.73. The van der Waals surface area contributed by atoms with Crippen molar-refractivity contribution >= 4 is 5.91 Å². The van der Waals surface area contributed by atoms with E-state index in [1.807, 2.05) is 0 Å². The van der Waals surface area contributed by atoms with E-state index in [9.17, 15) is 18.0 Å². The molecule has 1 saturated heterocycles. The molecule has 8 heteroatoms. The first-order valence-electron chi connectivity index (χ1n) is 8.75. The Morgan fingerprint density at radius 3 is 2.81 bits per heavy atom. The molecule has 5 nitrogen and oxygen atoms in total. The van der Waals surface area contributed by atoms with Crippen molar-refractivity contribution in [2.45, 2.75) is 39.0 Å². The smallest absolute Gasteiger partial charge is 0.416 e. The standard InChI is InChI=1S/C19H22F3N3O2/c1-12-17(11-25-8-7-16(10-25)24(3)13(2)26)23-18(27-12)14-5-4-6-15(9-14)19(20,21)22/h4-6,9,16H,7-8,10-11H2,1-3H3/t16-/m1/s1. The largest absolute Gasteiger partial charge is 0.441 e. The van der Waals surface area contributed by atoms with E-state index in [0.29, 0.717) is 23.6 Å².